The summed E-state index contributed by atoms with van der Waals surface area (Å²) in [6.45, 7) is 0.677. The third-order valence-electron chi connectivity index (χ3n) is 3.66. The molecule has 3 rings (SSSR count). The van der Waals surface area contributed by atoms with Crippen LogP contribution in [0.25, 0.3) is 10.8 Å². The van der Waals surface area contributed by atoms with Crippen molar-refractivity contribution in [1.29, 1.82) is 0 Å². The molecule has 22 heavy (non-hydrogen) atoms. The molecule has 0 aliphatic rings. The molecule has 2 aromatic carbocycles. The first-order valence-corrected chi connectivity index (χ1v) is 7.62. The highest BCUT2D eigenvalue weighted by Crippen LogP contribution is 2.18. The number of hydrogen-bond acceptors (Lipinski definition) is 3. The quantitative estimate of drug-likeness (QED) is 0.634. The number of nitrogens with one attached hydrogen (secondary N) is 2. The van der Waals surface area contributed by atoms with Crippen LogP contribution in [0.1, 0.15) is 11.3 Å². The molecular weight excluding hydrogens is 292 g/mol. The second-order valence-corrected chi connectivity index (χ2v) is 5.68. The Labute approximate surface area is 134 Å². The Kier molecular flexibility index (Phi) is 4.46. The van der Waals surface area contributed by atoms with Gasteiger partial charge in [0.05, 0.1) is 17.4 Å². The van der Waals surface area contributed by atoms with Crippen molar-refractivity contribution in [2.24, 2.45) is 5.73 Å². The minimum absolute atomic E-state index is 0.217. The first-order chi connectivity index (χ1) is 10.7. The third-order valence-corrected chi connectivity index (χ3v) is 4.11. The van der Waals surface area contributed by atoms with Gasteiger partial charge in [0.15, 0.2) is 0 Å². The third kappa shape index (κ3) is 3.32. The van der Waals surface area contributed by atoms with E-state index in [0.29, 0.717) is 18.0 Å². The Hall–Kier alpha value is -2.24. The van der Waals surface area contributed by atoms with Gasteiger partial charge >= 0.3 is 0 Å². The normalized spacial score (nSPS) is 12.2. The predicted octanol–water partition coefficient (Wildman–Crippen LogP) is 2.55. The minimum Gasteiger partial charge on any atom is -0.374 e. The van der Waals surface area contributed by atoms with Crippen molar-refractivity contribution in [2.45, 2.75) is 19.0 Å². The summed E-state index contributed by atoms with van der Waals surface area (Å²) in [5, 5.41) is 5.74. The summed E-state index contributed by atoms with van der Waals surface area (Å²) in [5.41, 5.74) is 8.34. The molecule has 0 saturated carbocycles. The van der Waals surface area contributed by atoms with Crippen molar-refractivity contribution < 1.29 is 0 Å². The van der Waals surface area contributed by atoms with E-state index in [0.717, 1.165) is 5.69 Å². The standard InChI is InChI=1S/C17H18N4S/c18-16(8-14-10-19-11-21-14)17(22)20-9-13-6-3-5-12-4-1-2-7-15(12)13/h1-7,10-11,16H,8-9,18H2,(H,19,21)(H,20,22)/t16-/m0/s1. The molecule has 112 valence electrons. The van der Waals surface area contributed by atoms with Crippen molar-refractivity contribution in [2.75, 3.05) is 0 Å². The van der Waals surface area contributed by atoms with E-state index in [9.17, 15) is 0 Å². The van der Waals surface area contributed by atoms with Crippen LogP contribution in [-0.4, -0.2) is 21.0 Å². The molecule has 0 amide bonds. The van der Waals surface area contributed by atoms with Gasteiger partial charge in [0.2, 0.25) is 0 Å². The van der Waals surface area contributed by atoms with Crippen LogP contribution < -0.4 is 11.1 Å². The highest BCUT2D eigenvalue weighted by molar-refractivity contribution is 7.80. The molecule has 5 heteroatoms. The van der Waals surface area contributed by atoms with E-state index in [1.54, 1.807) is 12.5 Å². The summed E-state index contributed by atoms with van der Waals surface area (Å²) < 4.78 is 0. The van der Waals surface area contributed by atoms with Crippen LogP contribution in [0.3, 0.4) is 0 Å². The first-order valence-electron chi connectivity index (χ1n) is 7.21. The fourth-order valence-electron chi connectivity index (χ4n) is 2.49. The van der Waals surface area contributed by atoms with Crippen LogP contribution in [0.4, 0.5) is 0 Å². The maximum atomic E-state index is 6.13. The molecule has 4 N–H and O–H groups in total. The average Bonchev–Trinajstić information content (AvgIpc) is 3.05. The van der Waals surface area contributed by atoms with Gasteiger partial charge in [-0.2, -0.15) is 0 Å². The summed E-state index contributed by atoms with van der Waals surface area (Å²) in [6.07, 6.45) is 4.07. The van der Waals surface area contributed by atoms with Gasteiger partial charge in [-0.1, -0.05) is 54.7 Å². The molecule has 1 aromatic heterocycles. The Morgan fingerprint density at radius 1 is 1.23 bits per heavy atom. The molecule has 1 atom stereocenters. The second-order valence-electron chi connectivity index (χ2n) is 5.24. The zero-order valence-corrected chi connectivity index (χ0v) is 12.9. The fraction of sp³-hybridized carbons (Fsp3) is 0.176. The SMILES string of the molecule is N[C@@H](Cc1cnc[nH]1)C(=S)NCc1cccc2ccccc12. The van der Waals surface area contributed by atoms with Crippen LogP contribution in [0.15, 0.2) is 55.0 Å². The lowest BCUT2D eigenvalue weighted by molar-refractivity contribution is 0.788. The molecule has 0 aliphatic heterocycles. The van der Waals surface area contributed by atoms with Gasteiger partial charge in [-0.3, -0.25) is 0 Å². The Morgan fingerprint density at radius 3 is 2.86 bits per heavy atom. The van der Waals surface area contributed by atoms with E-state index in [1.165, 1.54) is 16.3 Å². The summed E-state index contributed by atoms with van der Waals surface area (Å²) in [7, 11) is 0. The molecule has 0 spiro atoms. The number of rotatable bonds is 5. The highest BCUT2D eigenvalue weighted by atomic mass is 32.1. The number of thiocarbonyl (C=S) groups is 1. The zero-order chi connectivity index (χ0) is 15.4. The molecule has 0 bridgehead atoms. The Bertz CT molecular complexity index is 762. The lowest BCUT2D eigenvalue weighted by Crippen LogP contribution is -2.40. The van der Waals surface area contributed by atoms with Gasteiger partial charge in [-0.05, 0) is 16.3 Å². The Morgan fingerprint density at radius 2 is 2.05 bits per heavy atom. The van der Waals surface area contributed by atoms with E-state index < -0.39 is 0 Å². The van der Waals surface area contributed by atoms with Gasteiger partial charge < -0.3 is 16.0 Å². The smallest absolute Gasteiger partial charge is 0.0930 e. The van der Waals surface area contributed by atoms with E-state index in [4.69, 9.17) is 18.0 Å². The number of imidazole rings is 1. The van der Waals surface area contributed by atoms with Crippen LogP contribution in [-0.2, 0) is 13.0 Å². The number of aromatic amines is 1. The zero-order valence-electron chi connectivity index (χ0n) is 12.1. The van der Waals surface area contributed by atoms with Gasteiger partial charge in [0.25, 0.3) is 0 Å². The lowest BCUT2D eigenvalue weighted by Gasteiger charge is -2.15. The van der Waals surface area contributed by atoms with Crippen molar-refractivity contribution in [3.05, 3.63) is 66.2 Å². The molecule has 0 aliphatic carbocycles. The highest BCUT2D eigenvalue weighted by Gasteiger charge is 2.11. The fourth-order valence-corrected chi connectivity index (χ4v) is 2.64. The molecule has 1 heterocycles. The van der Waals surface area contributed by atoms with E-state index >= 15 is 0 Å². The number of hydrogen-bond donors (Lipinski definition) is 3. The van der Waals surface area contributed by atoms with E-state index in [-0.39, 0.29) is 6.04 Å². The number of nitrogens with zero attached hydrogens (tertiary/aromatic N) is 1. The minimum atomic E-state index is -0.217. The van der Waals surface area contributed by atoms with Crippen LogP contribution in [0.5, 0.6) is 0 Å². The van der Waals surface area contributed by atoms with Crippen molar-refractivity contribution >= 4 is 28.0 Å². The maximum absolute atomic E-state index is 6.13. The van der Waals surface area contributed by atoms with Gasteiger partial charge in [0.1, 0.15) is 0 Å². The number of fused-ring (bicyclic) bond motifs is 1. The predicted molar refractivity (Wildman–Crippen MR) is 93.7 cm³/mol. The molecule has 0 saturated heterocycles. The van der Waals surface area contributed by atoms with Gasteiger partial charge in [0, 0.05) is 24.9 Å². The topological polar surface area (TPSA) is 66.7 Å². The van der Waals surface area contributed by atoms with Crippen LogP contribution in [0.2, 0.25) is 0 Å². The van der Waals surface area contributed by atoms with Crippen molar-refractivity contribution in [3.63, 3.8) is 0 Å². The Balaban J connectivity index is 1.65. The second kappa shape index (κ2) is 6.68. The van der Waals surface area contributed by atoms with Crippen LogP contribution >= 0.6 is 12.2 Å². The molecule has 4 nitrogen and oxygen atoms in total. The van der Waals surface area contributed by atoms with E-state index in [1.807, 2.05) is 12.1 Å². The summed E-state index contributed by atoms with van der Waals surface area (Å²) in [5.74, 6) is 0. The average molecular weight is 310 g/mol. The largest absolute Gasteiger partial charge is 0.374 e. The number of aromatic nitrogens is 2. The monoisotopic (exact) mass is 310 g/mol. The molecule has 0 radical (unpaired) electrons. The lowest BCUT2D eigenvalue weighted by atomic mass is 10.0. The summed E-state index contributed by atoms with van der Waals surface area (Å²) in [4.78, 5) is 7.70. The maximum Gasteiger partial charge on any atom is 0.0930 e. The first kappa shape index (κ1) is 14.7. The molecular formula is C17H18N4S. The van der Waals surface area contributed by atoms with E-state index in [2.05, 4.69) is 45.6 Å². The van der Waals surface area contributed by atoms with Gasteiger partial charge in [-0.25, -0.2) is 4.98 Å². The van der Waals surface area contributed by atoms with Gasteiger partial charge in [-0.15, -0.1) is 0 Å². The van der Waals surface area contributed by atoms with Crippen molar-refractivity contribution in [1.82, 2.24) is 15.3 Å². The number of nitrogens with two attached hydrogens (primary N) is 1. The molecule has 0 unspecified atom stereocenters. The molecule has 3 aromatic rings. The number of H-pyrrole nitrogens is 1. The van der Waals surface area contributed by atoms with Crippen LogP contribution in [0, 0.1) is 0 Å². The number of benzene rings is 2. The van der Waals surface area contributed by atoms with Crippen molar-refractivity contribution in [3.8, 4) is 0 Å². The summed E-state index contributed by atoms with van der Waals surface area (Å²) >= 11 is 5.40. The summed E-state index contributed by atoms with van der Waals surface area (Å²) in [6, 6.07) is 14.4. The molecule has 0 fully saturated rings.